The summed E-state index contributed by atoms with van der Waals surface area (Å²) in [6.45, 7) is 2.07. The van der Waals surface area contributed by atoms with Gasteiger partial charge in [-0.15, -0.1) is 16.4 Å². The van der Waals surface area contributed by atoms with Crippen LogP contribution in [-0.4, -0.2) is 20.0 Å². The summed E-state index contributed by atoms with van der Waals surface area (Å²) in [7, 11) is 0. The average molecular weight is 318 g/mol. The highest BCUT2D eigenvalue weighted by Crippen LogP contribution is 2.32. The largest absolute Gasteiger partial charge is 0.234 e. The molecule has 0 unspecified atom stereocenters. The quantitative estimate of drug-likeness (QED) is 0.563. The van der Waals surface area contributed by atoms with Gasteiger partial charge in [0.1, 0.15) is 16.4 Å². The Balaban J connectivity index is 1.72. The molecule has 0 spiro atoms. The van der Waals surface area contributed by atoms with Gasteiger partial charge in [-0.25, -0.2) is 9.67 Å². The normalized spacial score (nSPS) is 10.8. The molecule has 0 N–H and O–H groups in total. The highest BCUT2D eigenvalue weighted by molar-refractivity contribution is 7.15. The molecule has 0 aliphatic heterocycles. The van der Waals surface area contributed by atoms with Gasteiger partial charge in [0.05, 0.1) is 11.9 Å². The third-order valence-electron chi connectivity index (χ3n) is 3.57. The molecule has 23 heavy (non-hydrogen) atoms. The second-order valence-corrected chi connectivity index (χ2v) is 6.38. The fraction of sp³-hybridized carbons (Fsp3) is 0.0556. The molecule has 5 heteroatoms. The Morgan fingerprint density at radius 1 is 0.913 bits per heavy atom. The molecule has 0 amide bonds. The van der Waals surface area contributed by atoms with Gasteiger partial charge in [-0.1, -0.05) is 53.7 Å². The number of rotatable bonds is 3. The average Bonchev–Trinajstić information content (AvgIpc) is 3.23. The number of hydrogen-bond donors (Lipinski definition) is 0. The van der Waals surface area contributed by atoms with E-state index in [1.54, 1.807) is 16.0 Å². The highest BCUT2D eigenvalue weighted by atomic mass is 32.1. The standard InChI is InChI=1S/C18H14N4S/c1-13-17(19-18(23-13)14-8-4-2-5-9-14)16-12-22(21-20-16)15-10-6-3-7-11-15/h2-12H,1H3. The van der Waals surface area contributed by atoms with Crippen molar-refractivity contribution in [3.05, 3.63) is 71.7 Å². The van der Waals surface area contributed by atoms with Gasteiger partial charge in [0.2, 0.25) is 0 Å². The third-order valence-corrected chi connectivity index (χ3v) is 4.59. The molecule has 2 aromatic carbocycles. The van der Waals surface area contributed by atoms with E-state index in [0.29, 0.717) is 0 Å². The number of para-hydroxylation sites is 1. The summed E-state index contributed by atoms with van der Waals surface area (Å²) < 4.78 is 1.77. The van der Waals surface area contributed by atoms with E-state index in [-0.39, 0.29) is 0 Å². The Morgan fingerprint density at radius 3 is 2.35 bits per heavy atom. The second-order valence-electron chi connectivity index (χ2n) is 5.17. The van der Waals surface area contributed by atoms with Crippen LogP contribution in [0.2, 0.25) is 0 Å². The number of aromatic nitrogens is 4. The van der Waals surface area contributed by atoms with E-state index < -0.39 is 0 Å². The smallest absolute Gasteiger partial charge is 0.133 e. The summed E-state index contributed by atoms with van der Waals surface area (Å²) in [4.78, 5) is 5.90. The predicted molar refractivity (Wildman–Crippen MR) is 92.6 cm³/mol. The monoisotopic (exact) mass is 318 g/mol. The summed E-state index contributed by atoms with van der Waals surface area (Å²) in [5.41, 5.74) is 3.81. The fourth-order valence-corrected chi connectivity index (χ4v) is 3.35. The maximum absolute atomic E-state index is 4.76. The molecule has 2 aromatic heterocycles. The van der Waals surface area contributed by atoms with Crippen molar-refractivity contribution in [3.8, 4) is 27.6 Å². The molecule has 112 valence electrons. The van der Waals surface area contributed by atoms with Crippen LogP contribution in [0, 0.1) is 6.92 Å². The molecule has 0 saturated carbocycles. The molecule has 4 aromatic rings. The van der Waals surface area contributed by atoms with Gasteiger partial charge >= 0.3 is 0 Å². The van der Waals surface area contributed by atoms with Crippen LogP contribution in [0.25, 0.3) is 27.6 Å². The van der Waals surface area contributed by atoms with Gasteiger partial charge in [-0.05, 0) is 19.1 Å². The number of benzene rings is 2. The van der Waals surface area contributed by atoms with E-state index in [1.807, 2.05) is 54.7 Å². The molecule has 4 nitrogen and oxygen atoms in total. The van der Waals surface area contributed by atoms with Crippen molar-refractivity contribution in [2.45, 2.75) is 6.92 Å². The first-order chi connectivity index (χ1) is 11.3. The van der Waals surface area contributed by atoms with Crippen molar-refractivity contribution in [3.63, 3.8) is 0 Å². The summed E-state index contributed by atoms with van der Waals surface area (Å²) in [6, 6.07) is 20.2. The third kappa shape index (κ3) is 2.66. The van der Waals surface area contributed by atoms with Crippen molar-refractivity contribution in [2.24, 2.45) is 0 Å². The minimum absolute atomic E-state index is 0.796. The Kier molecular flexibility index (Phi) is 3.48. The lowest BCUT2D eigenvalue weighted by Gasteiger charge is -1.97. The summed E-state index contributed by atoms with van der Waals surface area (Å²) in [5, 5.41) is 9.51. The molecule has 0 aliphatic rings. The molecule has 0 saturated heterocycles. The fourth-order valence-electron chi connectivity index (χ4n) is 2.42. The summed E-state index contributed by atoms with van der Waals surface area (Å²) in [5.74, 6) is 0. The van der Waals surface area contributed by atoms with Gasteiger partial charge in [-0.2, -0.15) is 0 Å². The summed E-state index contributed by atoms with van der Waals surface area (Å²) in [6.07, 6.45) is 1.92. The molecule has 0 fully saturated rings. The lowest BCUT2D eigenvalue weighted by molar-refractivity contribution is 0.804. The van der Waals surface area contributed by atoms with Gasteiger partial charge in [-0.3, -0.25) is 0 Å². The van der Waals surface area contributed by atoms with Crippen molar-refractivity contribution >= 4 is 11.3 Å². The van der Waals surface area contributed by atoms with Crippen LogP contribution in [0.15, 0.2) is 66.9 Å². The number of thiazole rings is 1. The zero-order valence-electron chi connectivity index (χ0n) is 12.5. The van der Waals surface area contributed by atoms with Crippen molar-refractivity contribution in [1.29, 1.82) is 0 Å². The van der Waals surface area contributed by atoms with Gasteiger partial charge in [0.15, 0.2) is 0 Å². The molecule has 0 radical (unpaired) electrons. The predicted octanol–water partition coefficient (Wildman–Crippen LogP) is 4.37. The SMILES string of the molecule is Cc1sc(-c2ccccc2)nc1-c1cn(-c2ccccc2)nn1. The first kappa shape index (κ1) is 13.8. The van der Waals surface area contributed by atoms with E-state index in [0.717, 1.165) is 32.5 Å². The topological polar surface area (TPSA) is 43.6 Å². The number of aryl methyl sites for hydroxylation is 1. The number of nitrogens with zero attached hydrogens (tertiary/aromatic N) is 4. The Labute approximate surface area is 138 Å². The van der Waals surface area contributed by atoms with Crippen molar-refractivity contribution in [2.75, 3.05) is 0 Å². The highest BCUT2D eigenvalue weighted by Gasteiger charge is 2.14. The van der Waals surface area contributed by atoms with Crippen LogP contribution in [0.5, 0.6) is 0 Å². The molecular formula is C18H14N4S. The molecule has 0 atom stereocenters. The first-order valence-electron chi connectivity index (χ1n) is 7.32. The van der Waals surface area contributed by atoms with E-state index in [1.165, 1.54) is 0 Å². The van der Waals surface area contributed by atoms with E-state index in [9.17, 15) is 0 Å². The van der Waals surface area contributed by atoms with Crippen LogP contribution in [-0.2, 0) is 0 Å². The maximum Gasteiger partial charge on any atom is 0.133 e. The second kappa shape index (κ2) is 5.78. The lowest BCUT2D eigenvalue weighted by Crippen LogP contribution is -1.93. The van der Waals surface area contributed by atoms with Crippen LogP contribution < -0.4 is 0 Å². The Bertz CT molecular complexity index is 926. The Morgan fingerprint density at radius 2 is 1.61 bits per heavy atom. The van der Waals surface area contributed by atoms with Crippen molar-refractivity contribution in [1.82, 2.24) is 20.0 Å². The van der Waals surface area contributed by atoms with Crippen LogP contribution in [0.4, 0.5) is 0 Å². The van der Waals surface area contributed by atoms with Gasteiger partial charge < -0.3 is 0 Å². The summed E-state index contributed by atoms with van der Waals surface area (Å²) >= 11 is 1.68. The minimum atomic E-state index is 0.796. The van der Waals surface area contributed by atoms with Crippen LogP contribution >= 0.6 is 11.3 Å². The molecule has 2 heterocycles. The van der Waals surface area contributed by atoms with E-state index in [2.05, 4.69) is 29.4 Å². The lowest BCUT2D eigenvalue weighted by atomic mass is 10.2. The van der Waals surface area contributed by atoms with Gasteiger partial charge in [0.25, 0.3) is 0 Å². The molecule has 4 rings (SSSR count). The minimum Gasteiger partial charge on any atom is -0.234 e. The first-order valence-corrected chi connectivity index (χ1v) is 8.14. The van der Waals surface area contributed by atoms with Crippen molar-refractivity contribution < 1.29 is 0 Å². The van der Waals surface area contributed by atoms with E-state index in [4.69, 9.17) is 4.98 Å². The van der Waals surface area contributed by atoms with Gasteiger partial charge in [0, 0.05) is 10.4 Å². The number of hydrogen-bond acceptors (Lipinski definition) is 4. The maximum atomic E-state index is 4.76. The molecule has 0 bridgehead atoms. The zero-order chi connectivity index (χ0) is 15.6. The van der Waals surface area contributed by atoms with E-state index >= 15 is 0 Å². The van der Waals surface area contributed by atoms with Crippen LogP contribution in [0.3, 0.4) is 0 Å². The zero-order valence-corrected chi connectivity index (χ0v) is 13.4. The molecule has 0 aliphatic carbocycles. The molecular weight excluding hydrogens is 304 g/mol. The van der Waals surface area contributed by atoms with Crippen LogP contribution in [0.1, 0.15) is 4.88 Å². The Hall–Kier alpha value is -2.79.